The molecule has 33 heavy (non-hydrogen) atoms. The van der Waals surface area contributed by atoms with E-state index in [1.165, 1.54) is 18.9 Å². The summed E-state index contributed by atoms with van der Waals surface area (Å²) in [7, 11) is 2.91. The first-order chi connectivity index (χ1) is 16.0. The van der Waals surface area contributed by atoms with Crippen molar-refractivity contribution >= 4 is 40.6 Å². The van der Waals surface area contributed by atoms with E-state index in [1.54, 1.807) is 36.3 Å². The molecule has 1 amide bonds. The lowest BCUT2D eigenvalue weighted by atomic mass is 10.2. The second-order valence-electron chi connectivity index (χ2n) is 6.76. The second kappa shape index (κ2) is 11.4. The third-order valence-corrected chi connectivity index (χ3v) is 5.65. The van der Waals surface area contributed by atoms with Crippen molar-refractivity contribution in [3.8, 4) is 17.2 Å². The number of esters is 1. The molecule has 1 heterocycles. The summed E-state index contributed by atoms with van der Waals surface area (Å²) >= 11 is 1.31. The van der Waals surface area contributed by atoms with E-state index in [-0.39, 0.29) is 12.5 Å². The van der Waals surface area contributed by atoms with Crippen LogP contribution in [0.3, 0.4) is 0 Å². The third kappa shape index (κ3) is 6.07. The molecule has 0 bridgehead atoms. The van der Waals surface area contributed by atoms with E-state index in [2.05, 4.69) is 9.73 Å². The van der Waals surface area contributed by atoms with Gasteiger partial charge < -0.3 is 18.9 Å². The normalized spacial score (nSPS) is 15.8. The van der Waals surface area contributed by atoms with Gasteiger partial charge in [-0.15, -0.1) is 0 Å². The molecule has 174 valence electrons. The number of nitrogens with zero attached hydrogens (tertiary/aromatic N) is 2. The Hall–Kier alpha value is -3.46. The minimum atomic E-state index is -0.486. The Balaban J connectivity index is 1.85. The molecule has 3 rings (SSSR count). The highest BCUT2D eigenvalue weighted by Gasteiger charge is 2.32. The molecule has 0 aromatic heterocycles. The van der Waals surface area contributed by atoms with Crippen LogP contribution in [0.25, 0.3) is 6.08 Å². The molecular weight excluding hydrogens is 444 g/mol. The highest BCUT2D eigenvalue weighted by atomic mass is 32.2. The molecule has 8 nitrogen and oxygen atoms in total. The molecule has 9 heteroatoms. The number of benzene rings is 2. The van der Waals surface area contributed by atoms with Crippen molar-refractivity contribution in [3.05, 3.63) is 52.9 Å². The molecule has 0 spiro atoms. The largest absolute Gasteiger partial charge is 0.497 e. The van der Waals surface area contributed by atoms with E-state index in [0.29, 0.717) is 34.7 Å². The van der Waals surface area contributed by atoms with Crippen molar-refractivity contribution in [2.45, 2.75) is 13.8 Å². The minimum Gasteiger partial charge on any atom is -0.497 e. The summed E-state index contributed by atoms with van der Waals surface area (Å²) in [6.07, 6.45) is 1.79. The number of methoxy groups -OCH3 is 2. The zero-order valence-corrected chi connectivity index (χ0v) is 19.8. The average molecular weight is 471 g/mol. The topological polar surface area (TPSA) is 86.7 Å². The van der Waals surface area contributed by atoms with Crippen LogP contribution >= 0.6 is 11.8 Å². The molecule has 0 saturated carbocycles. The molecule has 0 unspecified atom stereocenters. The van der Waals surface area contributed by atoms with Crippen molar-refractivity contribution in [2.75, 3.05) is 34.0 Å². The maximum absolute atomic E-state index is 13.0. The highest BCUT2D eigenvalue weighted by molar-refractivity contribution is 8.18. The van der Waals surface area contributed by atoms with Crippen LogP contribution in [-0.4, -0.2) is 55.9 Å². The van der Waals surface area contributed by atoms with Crippen LogP contribution in [0.15, 0.2) is 52.4 Å². The third-order valence-electron chi connectivity index (χ3n) is 4.64. The molecule has 0 atom stereocenters. The summed E-state index contributed by atoms with van der Waals surface area (Å²) < 4.78 is 20.9. The fourth-order valence-corrected chi connectivity index (χ4v) is 4.05. The summed E-state index contributed by atoms with van der Waals surface area (Å²) in [4.78, 5) is 31.2. The zero-order chi connectivity index (χ0) is 23.8. The lowest BCUT2D eigenvalue weighted by molar-refractivity contribution is -0.142. The number of hydrogen-bond donors (Lipinski definition) is 0. The summed E-state index contributed by atoms with van der Waals surface area (Å²) in [6.45, 7) is 4.47. The van der Waals surface area contributed by atoms with Gasteiger partial charge in [0.25, 0.3) is 5.91 Å². The quantitative estimate of drug-likeness (QED) is 0.400. The van der Waals surface area contributed by atoms with E-state index >= 15 is 0 Å². The van der Waals surface area contributed by atoms with Gasteiger partial charge in [-0.25, -0.2) is 9.79 Å². The number of ether oxygens (including phenoxy) is 4. The van der Waals surface area contributed by atoms with Crippen molar-refractivity contribution in [1.82, 2.24) is 4.90 Å². The van der Waals surface area contributed by atoms with E-state index in [4.69, 9.17) is 14.2 Å². The van der Waals surface area contributed by atoms with Gasteiger partial charge in [-0.1, -0.05) is 6.07 Å². The van der Waals surface area contributed by atoms with Gasteiger partial charge in [0.05, 0.1) is 31.4 Å². The SMILES string of the molecule is CCOc1cc(/C=C2/SC(=Nc3ccc(OC)cc3)N(CC)C2=O)ccc1OCC(=O)OC. The monoisotopic (exact) mass is 470 g/mol. The Kier molecular flexibility index (Phi) is 8.37. The molecular formula is C24H26N2O6S. The summed E-state index contributed by atoms with van der Waals surface area (Å²) in [5.41, 5.74) is 1.50. The Morgan fingerprint density at radius 2 is 1.82 bits per heavy atom. The molecule has 2 aromatic carbocycles. The van der Waals surface area contributed by atoms with Crippen LogP contribution in [0, 0.1) is 0 Å². The molecule has 0 N–H and O–H groups in total. The average Bonchev–Trinajstić information content (AvgIpc) is 3.12. The van der Waals surface area contributed by atoms with Crippen LogP contribution in [0.4, 0.5) is 5.69 Å². The minimum absolute atomic E-state index is 0.112. The Morgan fingerprint density at radius 3 is 2.45 bits per heavy atom. The molecule has 1 aliphatic rings. The van der Waals surface area contributed by atoms with Crippen LogP contribution in [0.1, 0.15) is 19.4 Å². The number of thioether (sulfide) groups is 1. The first-order valence-corrected chi connectivity index (χ1v) is 11.2. The van der Waals surface area contributed by atoms with E-state index in [1.807, 2.05) is 38.1 Å². The number of carbonyl (C=O) groups is 2. The summed E-state index contributed by atoms with van der Waals surface area (Å²) in [5.74, 6) is 1.04. The molecule has 1 aliphatic heterocycles. The van der Waals surface area contributed by atoms with Gasteiger partial charge in [0, 0.05) is 6.54 Å². The van der Waals surface area contributed by atoms with E-state index in [0.717, 1.165) is 17.0 Å². The van der Waals surface area contributed by atoms with E-state index < -0.39 is 5.97 Å². The van der Waals surface area contributed by atoms with Gasteiger partial charge in [-0.2, -0.15) is 0 Å². The number of likely N-dealkylation sites (N-methyl/N-ethyl adjacent to an activating group) is 1. The Morgan fingerprint density at radius 1 is 1.06 bits per heavy atom. The highest BCUT2D eigenvalue weighted by Crippen LogP contribution is 2.36. The fourth-order valence-electron chi connectivity index (χ4n) is 2.99. The van der Waals surface area contributed by atoms with Crippen LogP contribution in [-0.2, 0) is 14.3 Å². The number of rotatable bonds is 9. The fraction of sp³-hybridized carbons (Fsp3) is 0.292. The van der Waals surface area contributed by atoms with Crippen molar-refractivity contribution in [1.29, 1.82) is 0 Å². The van der Waals surface area contributed by atoms with Crippen molar-refractivity contribution in [3.63, 3.8) is 0 Å². The number of amidine groups is 1. The first kappa shape index (κ1) is 24.2. The lowest BCUT2D eigenvalue weighted by Gasteiger charge is -2.12. The van der Waals surface area contributed by atoms with Gasteiger partial charge in [0.2, 0.25) is 0 Å². The van der Waals surface area contributed by atoms with Gasteiger partial charge >= 0.3 is 5.97 Å². The second-order valence-corrected chi connectivity index (χ2v) is 7.77. The molecule has 2 aromatic rings. The molecule has 1 saturated heterocycles. The van der Waals surface area contributed by atoms with Crippen LogP contribution < -0.4 is 14.2 Å². The number of carbonyl (C=O) groups excluding carboxylic acids is 2. The van der Waals surface area contributed by atoms with Gasteiger partial charge in [-0.05, 0) is 73.6 Å². The van der Waals surface area contributed by atoms with Crippen molar-refractivity contribution in [2.24, 2.45) is 4.99 Å². The first-order valence-electron chi connectivity index (χ1n) is 10.4. The number of amides is 1. The van der Waals surface area contributed by atoms with Gasteiger partial charge in [0.1, 0.15) is 5.75 Å². The molecule has 0 radical (unpaired) electrons. The Bertz CT molecular complexity index is 1070. The zero-order valence-electron chi connectivity index (χ0n) is 19.0. The van der Waals surface area contributed by atoms with Crippen molar-refractivity contribution < 1.29 is 28.5 Å². The van der Waals surface area contributed by atoms with Crippen LogP contribution in [0.5, 0.6) is 17.2 Å². The van der Waals surface area contributed by atoms with Gasteiger partial charge in [0.15, 0.2) is 23.3 Å². The maximum atomic E-state index is 13.0. The predicted octanol–water partition coefficient (Wildman–Crippen LogP) is 4.27. The maximum Gasteiger partial charge on any atom is 0.343 e. The van der Waals surface area contributed by atoms with Gasteiger partial charge in [-0.3, -0.25) is 9.69 Å². The van der Waals surface area contributed by atoms with Crippen LogP contribution in [0.2, 0.25) is 0 Å². The number of hydrogen-bond acceptors (Lipinski definition) is 8. The smallest absolute Gasteiger partial charge is 0.343 e. The number of aliphatic imine (C=N–C) groups is 1. The summed E-state index contributed by atoms with van der Waals surface area (Å²) in [6, 6.07) is 12.6. The Labute approximate surface area is 197 Å². The molecule has 0 aliphatic carbocycles. The summed E-state index contributed by atoms with van der Waals surface area (Å²) in [5, 5.41) is 0.613. The standard InChI is InChI=1S/C24H26N2O6S/c1-5-26-23(28)21(33-24(26)25-17-8-10-18(29-3)11-9-17)14-16-7-12-19(20(13-16)31-6-2)32-15-22(27)30-4/h7-14H,5-6,15H2,1-4H3/b21-14+,25-24?. The molecule has 1 fully saturated rings. The predicted molar refractivity (Wildman–Crippen MR) is 128 cm³/mol. The van der Waals surface area contributed by atoms with E-state index in [9.17, 15) is 9.59 Å². The lowest BCUT2D eigenvalue weighted by Crippen LogP contribution is -2.28.